The van der Waals surface area contributed by atoms with Crippen molar-refractivity contribution >= 4 is 10.0 Å². The normalized spacial score (nSPS) is 27.4. The second-order valence-electron chi connectivity index (χ2n) is 5.75. The molecule has 2 unspecified atom stereocenters. The van der Waals surface area contributed by atoms with Crippen LogP contribution in [0.3, 0.4) is 0 Å². The number of rotatable bonds is 3. The third kappa shape index (κ3) is 2.50. The highest BCUT2D eigenvalue weighted by molar-refractivity contribution is 7.89. The van der Waals surface area contributed by atoms with Crippen molar-refractivity contribution in [2.24, 2.45) is 0 Å². The first kappa shape index (κ1) is 14.0. The summed E-state index contributed by atoms with van der Waals surface area (Å²) in [5.41, 5.74) is 0.912. The van der Waals surface area contributed by atoms with E-state index in [4.69, 9.17) is 0 Å². The molecule has 2 atom stereocenters. The highest BCUT2D eigenvalue weighted by Gasteiger charge is 2.35. The average molecular weight is 294 g/mol. The topological polar surface area (TPSA) is 49.4 Å². The summed E-state index contributed by atoms with van der Waals surface area (Å²) >= 11 is 0. The third-order valence-electron chi connectivity index (χ3n) is 4.46. The fraction of sp³-hybridized carbons (Fsp3) is 0.600. The van der Waals surface area contributed by atoms with E-state index in [0.29, 0.717) is 30.1 Å². The number of aryl methyl sites for hydroxylation is 1. The zero-order valence-corrected chi connectivity index (χ0v) is 12.7. The van der Waals surface area contributed by atoms with E-state index < -0.39 is 10.0 Å². The summed E-state index contributed by atoms with van der Waals surface area (Å²) in [5, 5.41) is 3.53. The van der Waals surface area contributed by atoms with Crippen LogP contribution >= 0.6 is 0 Å². The van der Waals surface area contributed by atoms with Gasteiger partial charge in [-0.1, -0.05) is 25.1 Å². The maximum Gasteiger partial charge on any atom is 0.243 e. The second kappa shape index (κ2) is 5.47. The molecule has 4 nitrogen and oxygen atoms in total. The molecule has 2 aliphatic rings. The Bertz CT molecular complexity index is 585. The Balaban J connectivity index is 1.91. The van der Waals surface area contributed by atoms with Gasteiger partial charge in [-0.25, -0.2) is 8.42 Å². The van der Waals surface area contributed by atoms with Crippen LogP contribution < -0.4 is 5.32 Å². The van der Waals surface area contributed by atoms with Gasteiger partial charge in [-0.3, -0.25) is 0 Å². The van der Waals surface area contributed by atoms with E-state index >= 15 is 0 Å². The monoisotopic (exact) mass is 294 g/mol. The molecular formula is C15H22N2O2S. The molecule has 110 valence electrons. The maximum atomic E-state index is 12.9. The summed E-state index contributed by atoms with van der Waals surface area (Å²) in [6.07, 6.45) is 3.94. The van der Waals surface area contributed by atoms with Crippen molar-refractivity contribution < 1.29 is 8.42 Å². The summed E-state index contributed by atoms with van der Waals surface area (Å²) in [6.45, 7) is 3.24. The first-order valence-corrected chi connectivity index (χ1v) is 8.89. The van der Waals surface area contributed by atoms with Crippen molar-refractivity contribution in [2.75, 3.05) is 13.1 Å². The molecule has 0 amide bonds. The summed E-state index contributed by atoms with van der Waals surface area (Å²) in [5.74, 6) is 0. The smallest absolute Gasteiger partial charge is 0.243 e. The molecule has 2 fully saturated rings. The number of fused-ring (bicyclic) bond motifs is 2. The van der Waals surface area contributed by atoms with Crippen LogP contribution in [0.15, 0.2) is 29.2 Å². The molecule has 2 bridgehead atoms. The van der Waals surface area contributed by atoms with Gasteiger partial charge in [0.2, 0.25) is 10.0 Å². The Morgan fingerprint density at radius 1 is 1.20 bits per heavy atom. The third-order valence-corrected chi connectivity index (χ3v) is 6.42. The van der Waals surface area contributed by atoms with Crippen LogP contribution in [0.4, 0.5) is 0 Å². The summed E-state index contributed by atoms with van der Waals surface area (Å²) in [4.78, 5) is 0.486. The SMILES string of the molecule is CCc1ccccc1S(=O)(=O)N1CCC2CCC(C1)N2. The van der Waals surface area contributed by atoms with Gasteiger partial charge >= 0.3 is 0 Å². The van der Waals surface area contributed by atoms with Crippen LogP contribution in [0.5, 0.6) is 0 Å². The van der Waals surface area contributed by atoms with Crippen molar-refractivity contribution in [1.29, 1.82) is 0 Å². The largest absolute Gasteiger partial charge is 0.310 e. The van der Waals surface area contributed by atoms with Crippen LogP contribution in [0.2, 0.25) is 0 Å². The molecule has 20 heavy (non-hydrogen) atoms. The quantitative estimate of drug-likeness (QED) is 0.924. The van der Waals surface area contributed by atoms with Crippen molar-refractivity contribution in [3.8, 4) is 0 Å². The summed E-state index contributed by atoms with van der Waals surface area (Å²) in [6, 6.07) is 8.20. The first-order valence-electron chi connectivity index (χ1n) is 7.45. The predicted molar refractivity (Wildman–Crippen MR) is 79.1 cm³/mol. The molecule has 0 spiro atoms. The van der Waals surface area contributed by atoms with Crippen LogP contribution in [0.25, 0.3) is 0 Å². The fourth-order valence-corrected chi connectivity index (χ4v) is 5.11. The Kier molecular flexibility index (Phi) is 3.84. The number of sulfonamides is 1. The van der Waals surface area contributed by atoms with Crippen LogP contribution in [-0.4, -0.2) is 37.9 Å². The maximum absolute atomic E-state index is 12.9. The molecule has 0 aromatic heterocycles. The molecule has 5 heteroatoms. The van der Waals surface area contributed by atoms with Crippen LogP contribution in [0, 0.1) is 0 Å². The lowest BCUT2D eigenvalue weighted by molar-refractivity contribution is 0.383. The van der Waals surface area contributed by atoms with E-state index in [-0.39, 0.29) is 0 Å². The molecule has 0 radical (unpaired) electrons. The highest BCUT2D eigenvalue weighted by Crippen LogP contribution is 2.26. The van der Waals surface area contributed by atoms with E-state index in [1.807, 2.05) is 25.1 Å². The van der Waals surface area contributed by atoms with Gasteiger partial charge in [-0.05, 0) is 37.3 Å². The molecule has 2 aliphatic heterocycles. The minimum Gasteiger partial charge on any atom is -0.310 e. The first-order chi connectivity index (χ1) is 9.61. The van der Waals surface area contributed by atoms with Crippen molar-refractivity contribution in [1.82, 2.24) is 9.62 Å². The lowest BCUT2D eigenvalue weighted by Crippen LogP contribution is -2.39. The lowest BCUT2D eigenvalue weighted by Gasteiger charge is -2.24. The Labute approximate surface area is 121 Å². The van der Waals surface area contributed by atoms with E-state index in [9.17, 15) is 8.42 Å². The van der Waals surface area contributed by atoms with Gasteiger partial charge < -0.3 is 5.32 Å². The van der Waals surface area contributed by atoms with Crippen LogP contribution in [0.1, 0.15) is 31.7 Å². The number of benzene rings is 1. The molecule has 1 N–H and O–H groups in total. The number of hydrogen-bond acceptors (Lipinski definition) is 3. The zero-order chi connectivity index (χ0) is 14.2. The molecular weight excluding hydrogens is 272 g/mol. The van der Waals surface area contributed by atoms with Crippen molar-refractivity contribution in [3.05, 3.63) is 29.8 Å². The second-order valence-corrected chi connectivity index (χ2v) is 7.66. The van der Waals surface area contributed by atoms with Gasteiger partial charge in [0.25, 0.3) is 0 Å². The Hall–Kier alpha value is -0.910. The molecule has 2 saturated heterocycles. The van der Waals surface area contributed by atoms with Gasteiger partial charge in [0, 0.05) is 25.2 Å². The summed E-state index contributed by atoms with van der Waals surface area (Å²) < 4.78 is 27.5. The lowest BCUT2D eigenvalue weighted by atomic mass is 10.1. The van der Waals surface area contributed by atoms with Crippen LogP contribution in [-0.2, 0) is 16.4 Å². The van der Waals surface area contributed by atoms with Gasteiger partial charge in [-0.15, -0.1) is 0 Å². The molecule has 1 aromatic carbocycles. The molecule has 0 saturated carbocycles. The molecule has 1 aromatic rings. The zero-order valence-electron chi connectivity index (χ0n) is 11.9. The van der Waals surface area contributed by atoms with Gasteiger partial charge in [0.1, 0.15) is 0 Å². The summed E-state index contributed by atoms with van der Waals surface area (Å²) in [7, 11) is -3.36. The number of hydrogen-bond donors (Lipinski definition) is 1. The van der Waals surface area contributed by atoms with Gasteiger partial charge in [0.05, 0.1) is 4.90 Å². The van der Waals surface area contributed by atoms with E-state index in [2.05, 4.69) is 5.32 Å². The molecule has 3 rings (SSSR count). The van der Waals surface area contributed by atoms with Gasteiger partial charge in [-0.2, -0.15) is 4.31 Å². The minimum atomic E-state index is -3.36. The molecule has 0 aliphatic carbocycles. The van der Waals surface area contributed by atoms with E-state index in [1.165, 1.54) is 6.42 Å². The van der Waals surface area contributed by atoms with E-state index in [0.717, 1.165) is 24.8 Å². The van der Waals surface area contributed by atoms with Crippen molar-refractivity contribution in [3.63, 3.8) is 0 Å². The number of nitrogens with one attached hydrogen (secondary N) is 1. The Morgan fingerprint density at radius 2 is 1.95 bits per heavy atom. The predicted octanol–water partition coefficient (Wildman–Crippen LogP) is 1.76. The fourth-order valence-electron chi connectivity index (χ4n) is 3.32. The Morgan fingerprint density at radius 3 is 2.75 bits per heavy atom. The van der Waals surface area contributed by atoms with Crippen molar-refractivity contribution in [2.45, 2.75) is 49.6 Å². The van der Waals surface area contributed by atoms with Gasteiger partial charge in [0.15, 0.2) is 0 Å². The average Bonchev–Trinajstić information content (AvgIpc) is 2.77. The number of nitrogens with zero attached hydrogens (tertiary/aromatic N) is 1. The van der Waals surface area contributed by atoms with E-state index in [1.54, 1.807) is 10.4 Å². The molecule has 2 heterocycles. The minimum absolute atomic E-state index is 0.325. The highest BCUT2D eigenvalue weighted by atomic mass is 32.2. The standard InChI is InChI=1S/C15H22N2O2S/c1-2-12-5-3-4-6-15(12)20(18,19)17-10-9-13-7-8-14(11-17)16-13/h3-6,13-14,16H,2,7-11H2,1H3.